The Morgan fingerprint density at radius 3 is 2.68 bits per heavy atom. The van der Waals surface area contributed by atoms with Crippen LogP contribution in [0, 0.1) is 0 Å². The van der Waals surface area contributed by atoms with E-state index in [0.29, 0.717) is 0 Å². The maximum Gasteiger partial charge on any atom is 0.290 e. The number of hydrogen-bond donors (Lipinski definition) is 3. The molecular weight excluding hydrogens is 428 g/mol. The van der Waals surface area contributed by atoms with Crippen LogP contribution in [0.3, 0.4) is 0 Å². The number of piperidine rings is 1. The summed E-state index contributed by atoms with van der Waals surface area (Å²) in [5.41, 5.74) is 5.21. The topological polar surface area (TPSA) is 170 Å². The van der Waals surface area contributed by atoms with Gasteiger partial charge >= 0.3 is 0 Å². The first-order valence-electron chi connectivity index (χ1n) is 9.53. The van der Waals surface area contributed by atoms with E-state index in [1.54, 1.807) is 13.1 Å². The Kier molecular flexibility index (Phi) is 6.45. The normalized spacial score (nSPS) is 20.3. The Hall–Kier alpha value is -3.19. The molecule has 1 saturated heterocycles. The van der Waals surface area contributed by atoms with Gasteiger partial charge in [-0.25, -0.2) is 18.1 Å². The van der Waals surface area contributed by atoms with Gasteiger partial charge in [0.2, 0.25) is 11.8 Å². The highest BCUT2D eigenvalue weighted by molar-refractivity contribution is 7.89. The van der Waals surface area contributed by atoms with Crippen LogP contribution < -0.4 is 15.8 Å². The number of primary amides is 1. The molecule has 3 amide bonds. The van der Waals surface area contributed by atoms with Crippen LogP contribution in [0.2, 0.25) is 0 Å². The van der Waals surface area contributed by atoms with Gasteiger partial charge in [-0.15, -0.1) is 0 Å². The van der Waals surface area contributed by atoms with Gasteiger partial charge in [-0.2, -0.15) is 0 Å². The SMILES string of the molecule is CC(NC(=O)C1CC(NS(=O)(=O)c2cn(C)cn2)CCN1C(=O)c1ccco1)C(N)=O. The van der Waals surface area contributed by atoms with Crippen molar-refractivity contribution in [3.63, 3.8) is 0 Å². The summed E-state index contributed by atoms with van der Waals surface area (Å²) in [5, 5.41) is 2.32. The number of likely N-dealkylation sites (tertiary alicyclic amines) is 1. The summed E-state index contributed by atoms with van der Waals surface area (Å²) in [6, 6.07) is 0.389. The Labute approximate surface area is 178 Å². The predicted molar refractivity (Wildman–Crippen MR) is 107 cm³/mol. The first-order chi connectivity index (χ1) is 14.6. The Balaban J connectivity index is 1.80. The molecule has 0 bridgehead atoms. The molecule has 2 aromatic heterocycles. The fraction of sp³-hybridized carbons (Fsp3) is 0.444. The van der Waals surface area contributed by atoms with Crippen molar-refractivity contribution in [1.29, 1.82) is 0 Å². The second-order valence-electron chi connectivity index (χ2n) is 7.34. The fourth-order valence-electron chi connectivity index (χ4n) is 3.29. The average molecular weight is 452 g/mol. The molecule has 1 fully saturated rings. The molecule has 1 aliphatic rings. The zero-order valence-electron chi connectivity index (χ0n) is 17.0. The Morgan fingerprint density at radius 1 is 1.35 bits per heavy atom. The summed E-state index contributed by atoms with van der Waals surface area (Å²) >= 11 is 0. The maximum absolute atomic E-state index is 12.8. The second kappa shape index (κ2) is 8.89. The molecule has 12 nitrogen and oxygen atoms in total. The van der Waals surface area contributed by atoms with Gasteiger partial charge in [0.1, 0.15) is 12.1 Å². The lowest BCUT2D eigenvalue weighted by molar-refractivity contribution is -0.131. The van der Waals surface area contributed by atoms with Crippen LogP contribution in [0.15, 0.2) is 40.4 Å². The number of amides is 3. The van der Waals surface area contributed by atoms with Crippen LogP contribution in [0.4, 0.5) is 0 Å². The van der Waals surface area contributed by atoms with Gasteiger partial charge in [0.15, 0.2) is 10.8 Å². The molecular formula is C18H24N6O6S. The standard InChI is InChI=1S/C18H24N6O6S/c1-11(16(19)25)21-17(26)13-8-12(22-31(28,29)15-9-23(2)10-20-15)5-6-24(13)18(27)14-4-3-7-30-14/h3-4,7,9-13,22H,5-6,8H2,1-2H3,(H2,19,25)(H,21,26). The van der Waals surface area contributed by atoms with Crippen LogP contribution in [0.1, 0.15) is 30.3 Å². The van der Waals surface area contributed by atoms with E-state index in [9.17, 15) is 22.8 Å². The minimum Gasteiger partial charge on any atom is -0.459 e. The summed E-state index contributed by atoms with van der Waals surface area (Å²) in [7, 11) is -2.27. The highest BCUT2D eigenvalue weighted by atomic mass is 32.2. The van der Waals surface area contributed by atoms with E-state index >= 15 is 0 Å². The third-order valence-electron chi connectivity index (χ3n) is 4.96. The second-order valence-corrected chi connectivity index (χ2v) is 9.01. The molecule has 3 atom stereocenters. The van der Waals surface area contributed by atoms with Gasteiger partial charge in [0, 0.05) is 25.8 Å². The highest BCUT2D eigenvalue weighted by Crippen LogP contribution is 2.22. The highest BCUT2D eigenvalue weighted by Gasteiger charge is 2.39. The molecule has 168 valence electrons. The zero-order valence-corrected chi connectivity index (χ0v) is 17.8. The molecule has 2 aromatic rings. The monoisotopic (exact) mass is 452 g/mol. The number of imidazole rings is 1. The predicted octanol–water partition coefficient (Wildman–Crippen LogP) is -1.05. The molecule has 0 aliphatic carbocycles. The lowest BCUT2D eigenvalue weighted by Gasteiger charge is -2.38. The van der Waals surface area contributed by atoms with Gasteiger partial charge < -0.3 is 24.9 Å². The number of aromatic nitrogens is 2. The van der Waals surface area contributed by atoms with Crippen molar-refractivity contribution in [1.82, 2.24) is 24.5 Å². The molecule has 0 saturated carbocycles. The van der Waals surface area contributed by atoms with E-state index < -0.39 is 45.9 Å². The molecule has 0 radical (unpaired) electrons. The van der Waals surface area contributed by atoms with Crippen molar-refractivity contribution in [2.24, 2.45) is 12.8 Å². The van der Waals surface area contributed by atoms with E-state index in [4.69, 9.17) is 10.2 Å². The van der Waals surface area contributed by atoms with E-state index in [2.05, 4.69) is 15.0 Å². The van der Waals surface area contributed by atoms with Gasteiger partial charge in [-0.05, 0) is 31.9 Å². The van der Waals surface area contributed by atoms with E-state index in [1.807, 2.05) is 0 Å². The summed E-state index contributed by atoms with van der Waals surface area (Å²) in [6.07, 6.45) is 4.33. The number of nitrogens with one attached hydrogen (secondary N) is 2. The first kappa shape index (κ1) is 22.5. The van der Waals surface area contributed by atoms with E-state index in [0.717, 1.165) is 0 Å². The Morgan fingerprint density at radius 2 is 2.10 bits per heavy atom. The zero-order chi connectivity index (χ0) is 22.8. The van der Waals surface area contributed by atoms with Crippen LogP contribution in [-0.4, -0.2) is 65.3 Å². The third kappa shape index (κ3) is 5.11. The van der Waals surface area contributed by atoms with Crippen molar-refractivity contribution in [2.45, 2.75) is 42.9 Å². The quantitative estimate of drug-likeness (QED) is 0.481. The van der Waals surface area contributed by atoms with Gasteiger partial charge in [0.05, 0.1) is 12.6 Å². The molecule has 4 N–H and O–H groups in total. The van der Waals surface area contributed by atoms with Crippen LogP contribution >= 0.6 is 0 Å². The molecule has 3 heterocycles. The number of rotatable bonds is 7. The number of hydrogen-bond acceptors (Lipinski definition) is 7. The molecule has 0 aromatic carbocycles. The lowest BCUT2D eigenvalue weighted by Crippen LogP contribution is -2.59. The van der Waals surface area contributed by atoms with Gasteiger partial charge in [-0.3, -0.25) is 14.4 Å². The largest absolute Gasteiger partial charge is 0.459 e. The summed E-state index contributed by atoms with van der Waals surface area (Å²) in [6.45, 7) is 1.51. The van der Waals surface area contributed by atoms with Crippen LogP contribution in [0.5, 0.6) is 0 Å². The smallest absolute Gasteiger partial charge is 0.290 e. The van der Waals surface area contributed by atoms with Crippen molar-refractivity contribution in [3.05, 3.63) is 36.7 Å². The lowest BCUT2D eigenvalue weighted by atomic mass is 9.96. The number of carbonyl (C=O) groups excluding carboxylic acids is 3. The molecule has 3 rings (SSSR count). The van der Waals surface area contributed by atoms with Crippen molar-refractivity contribution in [2.75, 3.05) is 6.54 Å². The number of nitrogens with zero attached hydrogens (tertiary/aromatic N) is 3. The average Bonchev–Trinajstić information content (AvgIpc) is 3.39. The third-order valence-corrected chi connectivity index (χ3v) is 6.37. The molecule has 1 aliphatic heterocycles. The van der Waals surface area contributed by atoms with Crippen molar-refractivity contribution in [3.8, 4) is 0 Å². The molecule has 13 heteroatoms. The Bertz CT molecular complexity index is 1060. The maximum atomic E-state index is 12.8. The van der Waals surface area contributed by atoms with Crippen LogP contribution in [-0.2, 0) is 26.7 Å². The summed E-state index contributed by atoms with van der Waals surface area (Å²) in [4.78, 5) is 42.2. The number of aryl methyl sites for hydroxylation is 1. The number of furan rings is 1. The number of sulfonamides is 1. The first-order valence-corrected chi connectivity index (χ1v) is 11.0. The van der Waals surface area contributed by atoms with Crippen molar-refractivity contribution >= 4 is 27.7 Å². The molecule has 31 heavy (non-hydrogen) atoms. The number of nitrogens with two attached hydrogens (primary N) is 1. The van der Waals surface area contributed by atoms with Gasteiger partial charge in [0.25, 0.3) is 15.9 Å². The minimum absolute atomic E-state index is 0.00414. The van der Waals surface area contributed by atoms with E-state index in [-0.39, 0.29) is 30.2 Å². The molecule has 0 spiro atoms. The number of carbonyl (C=O) groups is 3. The van der Waals surface area contributed by atoms with Crippen molar-refractivity contribution < 1.29 is 27.2 Å². The molecule has 3 unspecified atom stereocenters. The summed E-state index contributed by atoms with van der Waals surface area (Å²) < 4.78 is 34.4. The van der Waals surface area contributed by atoms with E-state index in [1.165, 1.54) is 41.2 Å². The van der Waals surface area contributed by atoms with Crippen LogP contribution in [0.25, 0.3) is 0 Å². The summed E-state index contributed by atoms with van der Waals surface area (Å²) in [5.74, 6) is -1.82. The minimum atomic E-state index is -3.92. The fourth-order valence-corrected chi connectivity index (χ4v) is 4.56. The van der Waals surface area contributed by atoms with Gasteiger partial charge in [-0.1, -0.05) is 0 Å².